The zero-order chi connectivity index (χ0) is 14.0. The fraction of sp³-hybridized carbons (Fsp3) is 0.571. The largest absolute Gasteiger partial charge is 0.444 e. The molecule has 0 spiro atoms. The summed E-state index contributed by atoms with van der Waals surface area (Å²) in [6.45, 7) is 6.92. The third kappa shape index (κ3) is 3.59. The standard InChI is InChI=1S/C14H20N2O3/c1-14(2,3)19-13(18)16-7-6-11(9-16)10-4-5-12(17)15-8-10/h4-5,8,11H,6-7,9H2,1-3H3,(H,15,17). The number of nitrogens with one attached hydrogen (secondary N) is 1. The number of amides is 1. The second-order valence-corrected chi connectivity index (χ2v) is 5.90. The number of H-pyrrole nitrogens is 1. The SMILES string of the molecule is CC(C)(C)OC(=O)N1CCC(c2ccc(=O)[nH]c2)C1. The Morgan fingerprint density at radius 2 is 2.16 bits per heavy atom. The van der Waals surface area contributed by atoms with Crippen LogP contribution in [-0.2, 0) is 4.74 Å². The molecule has 1 aromatic heterocycles. The highest BCUT2D eigenvalue weighted by Crippen LogP contribution is 2.27. The lowest BCUT2D eigenvalue weighted by Crippen LogP contribution is -2.35. The van der Waals surface area contributed by atoms with Crippen molar-refractivity contribution in [3.05, 3.63) is 34.2 Å². The van der Waals surface area contributed by atoms with Gasteiger partial charge in [-0.25, -0.2) is 4.79 Å². The average molecular weight is 264 g/mol. The first-order valence-corrected chi connectivity index (χ1v) is 6.52. The van der Waals surface area contributed by atoms with Gasteiger partial charge in [-0.1, -0.05) is 6.07 Å². The number of likely N-dealkylation sites (tertiary alicyclic amines) is 1. The zero-order valence-corrected chi connectivity index (χ0v) is 11.6. The zero-order valence-electron chi connectivity index (χ0n) is 11.6. The molecule has 0 aliphatic carbocycles. The quantitative estimate of drug-likeness (QED) is 0.845. The number of carbonyl (C=O) groups is 1. The number of carbonyl (C=O) groups excluding carboxylic acids is 1. The van der Waals surface area contributed by atoms with E-state index < -0.39 is 5.60 Å². The van der Waals surface area contributed by atoms with Crippen molar-refractivity contribution in [1.29, 1.82) is 0 Å². The van der Waals surface area contributed by atoms with Gasteiger partial charge in [-0.15, -0.1) is 0 Å². The molecule has 1 amide bonds. The number of pyridine rings is 1. The number of aromatic nitrogens is 1. The lowest BCUT2D eigenvalue weighted by Gasteiger charge is -2.24. The Kier molecular flexibility index (Phi) is 3.64. The van der Waals surface area contributed by atoms with Crippen molar-refractivity contribution in [1.82, 2.24) is 9.88 Å². The van der Waals surface area contributed by atoms with Crippen molar-refractivity contribution in [2.75, 3.05) is 13.1 Å². The summed E-state index contributed by atoms with van der Waals surface area (Å²) in [6.07, 6.45) is 2.36. The molecule has 19 heavy (non-hydrogen) atoms. The fourth-order valence-electron chi connectivity index (χ4n) is 2.20. The van der Waals surface area contributed by atoms with Crippen LogP contribution in [0.1, 0.15) is 38.7 Å². The molecule has 1 saturated heterocycles. The topological polar surface area (TPSA) is 62.4 Å². The maximum atomic E-state index is 11.9. The fourth-order valence-corrected chi connectivity index (χ4v) is 2.20. The molecule has 1 atom stereocenters. The van der Waals surface area contributed by atoms with Crippen molar-refractivity contribution in [3.63, 3.8) is 0 Å². The van der Waals surface area contributed by atoms with E-state index in [1.807, 2.05) is 26.8 Å². The van der Waals surface area contributed by atoms with Crippen molar-refractivity contribution < 1.29 is 9.53 Å². The number of nitrogens with zero attached hydrogens (tertiary/aromatic N) is 1. The first kappa shape index (κ1) is 13.6. The normalized spacial score (nSPS) is 19.5. The van der Waals surface area contributed by atoms with Gasteiger partial charge in [-0.2, -0.15) is 0 Å². The van der Waals surface area contributed by atoms with Crippen molar-refractivity contribution in [2.24, 2.45) is 0 Å². The maximum Gasteiger partial charge on any atom is 0.410 e. The van der Waals surface area contributed by atoms with E-state index in [1.54, 1.807) is 11.1 Å². The first-order valence-electron chi connectivity index (χ1n) is 6.52. The third-order valence-electron chi connectivity index (χ3n) is 3.12. The summed E-state index contributed by atoms with van der Waals surface area (Å²) in [5, 5.41) is 0. The summed E-state index contributed by atoms with van der Waals surface area (Å²) in [4.78, 5) is 27.4. The van der Waals surface area contributed by atoms with E-state index >= 15 is 0 Å². The smallest absolute Gasteiger partial charge is 0.410 e. The Balaban J connectivity index is 1.98. The number of hydrogen-bond acceptors (Lipinski definition) is 3. The summed E-state index contributed by atoms with van der Waals surface area (Å²) in [5.74, 6) is 0.268. The molecule has 2 rings (SSSR count). The predicted molar refractivity (Wildman–Crippen MR) is 72.2 cm³/mol. The summed E-state index contributed by atoms with van der Waals surface area (Å²) in [6, 6.07) is 3.34. The number of ether oxygens (including phenoxy) is 1. The molecule has 1 aromatic rings. The molecule has 2 heterocycles. The summed E-state index contributed by atoms with van der Waals surface area (Å²) < 4.78 is 5.35. The van der Waals surface area contributed by atoms with E-state index in [0.717, 1.165) is 12.0 Å². The summed E-state index contributed by atoms with van der Waals surface area (Å²) >= 11 is 0. The third-order valence-corrected chi connectivity index (χ3v) is 3.12. The molecule has 1 N–H and O–H groups in total. The molecular weight excluding hydrogens is 244 g/mol. The van der Waals surface area contributed by atoms with Gasteiger partial charge in [0.05, 0.1) is 0 Å². The second-order valence-electron chi connectivity index (χ2n) is 5.90. The Morgan fingerprint density at radius 3 is 2.74 bits per heavy atom. The molecule has 5 heteroatoms. The summed E-state index contributed by atoms with van der Waals surface area (Å²) in [7, 11) is 0. The first-order chi connectivity index (χ1) is 8.85. The highest BCUT2D eigenvalue weighted by Gasteiger charge is 2.30. The highest BCUT2D eigenvalue weighted by molar-refractivity contribution is 5.68. The Labute approximate surface area is 112 Å². The predicted octanol–water partition coefficient (Wildman–Crippen LogP) is 2.10. The second kappa shape index (κ2) is 5.07. The van der Waals surface area contributed by atoms with Crippen LogP contribution in [0.5, 0.6) is 0 Å². The van der Waals surface area contributed by atoms with Gasteiger partial charge in [0.15, 0.2) is 0 Å². The van der Waals surface area contributed by atoms with E-state index in [0.29, 0.717) is 13.1 Å². The molecular formula is C14H20N2O3. The van der Waals surface area contributed by atoms with Gasteiger partial charge in [-0.3, -0.25) is 4.79 Å². The molecule has 1 aliphatic rings. The van der Waals surface area contributed by atoms with Crippen LogP contribution in [0, 0.1) is 0 Å². The lowest BCUT2D eigenvalue weighted by molar-refractivity contribution is 0.0292. The van der Waals surface area contributed by atoms with E-state index in [4.69, 9.17) is 4.74 Å². The van der Waals surface area contributed by atoms with Gasteiger partial charge in [0, 0.05) is 31.3 Å². The molecule has 0 radical (unpaired) electrons. The molecule has 1 aliphatic heterocycles. The van der Waals surface area contributed by atoms with Crippen molar-refractivity contribution in [3.8, 4) is 0 Å². The van der Waals surface area contributed by atoms with Crippen LogP contribution in [0.25, 0.3) is 0 Å². The minimum absolute atomic E-state index is 0.106. The Morgan fingerprint density at radius 1 is 1.42 bits per heavy atom. The van der Waals surface area contributed by atoms with Crippen LogP contribution in [0.3, 0.4) is 0 Å². The summed E-state index contributed by atoms with van der Waals surface area (Å²) in [5.41, 5.74) is 0.490. The van der Waals surface area contributed by atoms with Gasteiger partial charge in [0.25, 0.3) is 0 Å². The minimum atomic E-state index is -0.465. The van der Waals surface area contributed by atoms with Crippen LogP contribution in [-0.4, -0.2) is 34.7 Å². The maximum absolute atomic E-state index is 11.9. The monoisotopic (exact) mass is 264 g/mol. The number of aromatic amines is 1. The lowest BCUT2D eigenvalue weighted by atomic mass is 10.0. The van der Waals surface area contributed by atoms with Crippen LogP contribution < -0.4 is 5.56 Å². The Bertz CT molecular complexity index is 496. The average Bonchev–Trinajstić information content (AvgIpc) is 2.77. The molecule has 1 unspecified atom stereocenters. The van der Waals surface area contributed by atoms with Crippen LogP contribution in [0.4, 0.5) is 4.79 Å². The van der Waals surface area contributed by atoms with Crippen LogP contribution in [0.2, 0.25) is 0 Å². The van der Waals surface area contributed by atoms with E-state index in [2.05, 4.69) is 4.98 Å². The van der Waals surface area contributed by atoms with Gasteiger partial charge in [-0.05, 0) is 32.8 Å². The van der Waals surface area contributed by atoms with E-state index in [1.165, 1.54) is 6.07 Å². The van der Waals surface area contributed by atoms with Crippen LogP contribution >= 0.6 is 0 Å². The van der Waals surface area contributed by atoms with Crippen LogP contribution in [0.15, 0.2) is 23.1 Å². The van der Waals surface area contributed by atoms with Crippen molar-refractivity contribution in [2.45, 2.75) is 38.7 Å². The highest BCUT2D eigenvalue weighted by atomic mass is 16.6. The molecule has 104 valence electrons. The Hall–Kier alpha value is -1.78. The molecule has 0 bridgehead atoms. The van der Waals surface area contributed by atoms with Gasteiger partial charge in [0.2, 0.25) is 5.56 Å². The van der Waals surface area contributed by atoms with E-state index in [9.17, 15) is 9.59 Å². The minimum Gasteiger partial charge on any atom is -0.444 e. The van der Waals surface area contributed by atoms with Crippen molar-refractivity contribution >= 4 is 6.09 Å². The van der Waals surface area contributed by atoms with E-state index in [-0.39, 0.29) is 17.6 Å². The molecule has 0 aromatic carbocycles. The molecule has 1 fully saturated rings. The van der Waals surface area contributed by atoms with Gasteiger partial charge < -0.3 is 14.6 Å². The molecule has 5 nitrogen and oxygen atoms in total. The molecule has 0 saturated carbocycles. The number of hydrogen-bond donors (Lipinski definition) is 1. The number of rotatable bonds is 1. The van der Waals surface area contributed by atoms with Gasteiger partial charge in [0.1, 0.15) is 5.60 Å². The van der Waals surface area contributed by atoms with Gasteiger partial charge >= 0.3 is 6.09 Å².